The normalized spacial score (nSPS) is 15.6. The molecule has 146 valence electrons. The lowest BCUT2D eigenvalue weighted by molar-refractivity contribution is -0.170. The topological polar surface area (TPSA) is 54.0 Å². The van der Waals surface area contributed by atoms with Gasteiger partial charge in [0.2, 0.25) is 0 Å². The lowest BCUT2D eigenvalue weighted by Gasteiger charge is -2.30. The lowest BCUT2D eigenvalue weighted by Crippen LogP contribution is -2.37. The Kier molecular flexibility index (Phi) is 7.30. The van der Waals surface area contributed by atoms with Gasteiger partial charge in [-0.1, -0.05) is 18.2 Å². The van der Waals surface area contributed by atoms with Crippen LogP contribution in [-0.2, 0) is 5.41 Å². The average molecular weight is 378 g/mol. The van der Waals surface area contributed by atoms with Crippen LogP contribution >= 0.6 is 0 Å². The smallest absolute Gasteiger partial charge is 0.283 e. The highest BCUT2D eigenvalue weighted by Crippen LogP contribution is 2.42. The minimum Gasteiger partial charge on any atom is -0.283 e. The van der Waals surface area contributed by atoms with E-state index in [9.17, 15) is 13.2 Å². The Morgan fingerprint density at radius 1 is 1.30 bits per heavy atom. The third-order valence-corrected chi connectivity index (χ3v) is 4.26. The van der Waals surface area contributed by atoms with Gasteiger partial charge in [-0.15, -0.1) is 6.58 Å². The van der Waals surface area contributed by atoms with Crippen LogP contribution in [0.15, 0.2) is 58.9 Å². The van der Waals surface area contributed by atoms with Crippen molar-refractivity contribution in [1.82, 2.24) is 5.01 Å². The molecule has 1 unspecified atom stereocenters. The van der Waals surface area contributed by atoms with E-state index in [2.05, 4.69) is 23.3 Å². The highest BCUT2D eigenvalue weighted by atomic mass is 19.4. The Balaban J connectivity index is 3.59. The highest BCUT2D eigenvalue weighted by Gasteiger charge is 2.50. The number of aryl methyl sites for hydroxylation is 1. The van der Waals surface area contributed by atoms with Gasteiger partial charge < -0.3 is 0 Å². The Morgan fingerprint density at radius 3 is 2.41 bits per heavy atom. The summed E-state index contributed by atoms with van der Waals surface area (Å²) < 4.78 is 40.8. The minimum absolute atomic E-state index is 0.0567. The van der Waals surface area contributed by atoms with Gasteiger partial charge in [-0.2, -0.15) is 13.2 Å². The van der Waals surface area contributed by atoms with Crippen LogP contribution in [-0.4, -0.2) is 24.1 Å². The van der Waals surface area contributed by atoms with E-state index >= 15 is 0 Å². The summed E-state index contributed by atoms with van der Waals surface area (Å²) in [7, 11) is 0. The molecule has 1 rings (SSSR count). The van der Waals surface area contributed by atoms with Gasteiger partial charge in [-0.3, -0.25) is 15.0 Å². The first-order valence-corrected chi connectivity index (χ1v) is 8.20. The standard InChI is InChI=1S/C20H25F3N4/c1-7-19(5,20(21,22)23)16-10-9-14(3)17(11-16)18(12-25-6)27(24)13-15(4)26-8-2/h7-13H,1,6,24H2,2-5H3/b15-13-,18-12-,26-8?. The summed E-state index contributed by atoms with van der Waals surface area (Å²) >= 11 is 0. The van der Waals surface area contributed by atoms with Crippen molar-refractivity contribution < 1.29 is 13.2 Å². The summed E-state index contributed by atoms with van der Waals surface area (Å²) in [6.07, 6.45) is 0.969. The molecule has 0 aliphatic heterocycles. The monoisotopic (exact) mass is 378 g/mol. The molecule has 27 heavy (non-hydrogen) atoms. The molecule has 0 spiro atoms. The number of hydrogen-bond donors (Lipinski definition) is 1. The van der Waals surface area contributed by atoms with Crippen molar-refractivity contribution in [2.45, 2.75) is 39.3 Å². The first-order chi connectivity index (χ1) is 12.5. The number of rotatable bonds is 7. The van der Waals surface area contributed by atoms with Crippen LogP contribution in [0.3, 0.4) is 0 Å². The summed E-state index contributed by atoms with van der Waals surface area (Å²) in [5, 5.41) is 1.27. The van der Waals surface area contributed by atoms with Crippen LogP contribution < -0.4 is 5.84 Å². The number of halogens is 3. The van der Waals surface area contributed by atoms with Gasteiger partial charge in [0.25, 0.3) is 0 Å². The predicted octanol–water partition coefficient (Wildman–Crippen LogP) is 5.13. The second-order valence-electron chi connectivity index (χ2n) is 6.20. The third-order valence-electron chi connectivity index (χ3n) is 4.26. The van der Waals surface area contributed by atoms with Crippen LogP contribution in [0, 0.1) is 6.92 Å². The Hall–Kier alpha value is -2.67. The molecule has 0 saturated heterocycles. The lowest BCUT2D eigenvalue weighted by atomic mass is 9.80. The van der Waals surface area contributed by atoms with E-state index in [4.69, 9.17) is 5.84 Å². The van der Waals surface area contributed by atoms with Crippen molar-refractivity contribution in [3.8, 4) is 0 Å². The molecule has 0 amide bonds. The molecular weight excluding hydrogens is 353 g/mol. The molecule has 0 heterocycles. The molecule has 7 heteroatoms. The van der Waals surface area contributed by atoms with Crippen molar-refractivity contribution >= 4 is 18.6 Å². The van der Waals surface area contributed by atoms with E-state index in [0.29, 0.717) is 17.0 Å². The van der Waals surface area contributed by atoms with E-state index in [0.717, 1.165) is 18.6 Å². The molecule has 0 radical (unpaired) electrons. The van der Waals surface area contributed by atoms with Crippen LogP contribution in [0.25, 0.3) is 5.70 Å². The molecule has 4 nitrogen and oxygen atoms in total. The van der Waals surface area contributed by atoms with Crippen molar-refractivity contribution in [2.75, 3.05) is 0 Å². The Bertz CT molecular complexity index is 791. The Morgan fingerprint density at radius 2 is 1.93 bits per heavy atom. The summed E-state index contributed by atoms with van der Waals surface area (Å²) in [6, 6.07) is 4.51. The van der Waals surface area contributed by atoms with Gasteiger partial charge in [0, 0.05) is 18.0 Å². The molecule has 2 N–H and O–H groups in total. The number of allylic oxidation sites excluding steroid dienone is 2. The number of hydrazine groups is 1. The van der Waals surface area contributed by atoms with E-state index in [1.165, 1.54) is 23.3 Å². The maximum absolute atomic E-state index is 13.6. The number of nitrogens with zero attached hydrogens (tertiary/aromatic N) is 3. The second-order valence-corrected chi connectivity index (χ2v) is 6.20. The van der Waals surface area contributed by atoms with Gasteiger partial charge in [0.1, 0.15) is 5.41 Å². The number of hydrogen-bond acceptors (Lipinski definition) is 4. The maximum Gasteiger partial charge on any atom is 0.401 e. The first kappa shape index (κ1) is 22.4. The van der Waals surface area contributed by atoms with Crippen molar-refractivity contribution in [3.05, 3.63) is 65.6 Å². The van der Waals surface area contributed by atoms with Gasteiger partial charge >= 0.3 is 6.18 Å². The summed E-state index contributed by atoms with van der Waals surface area (Å²) in [6.45, 7) is 13.2. The largest absolute Gasteiger partial charge is 0.401 e. The number of alkyl halides is 3. The van der Waals surface area contributed by atoms with Crippen LogP contribution in [0.2, 0.25) is 0 Å². The number of benzene rings is 1. The summed E-state index contributed by atoms with van der Waals surface area (Å²) in [4.78, 5) is 7.85. The fourth-order valence-electron chi connectivity index (χ4n) is 2.49. The highest BCUT2D eigenvalue weighted by molar-refractivity contribution is 5.69. The van der Waals surface area contributed by atoms with Crippen LogP contribution in [0.4, 0.5) is 13.2 Å². The van der Waals surface area contributed by atoms with Crippen LogP contribution in [0.5, 0.6) is 0 Å². The minimum atomic E-state index is -4.49. The molecular formula is C20H25F3N4. The third kappa shape index (κ3) is 4.95. The molecule has 0 aliphatic carbocycles. The van der Waals surface area contributed by atoms with E-state index in [-0.39, 0.29) is 5.56 Å². The Labute approximate surface area is 158 Å². The van der Waals surface area contributed by atoms with E-state index < -0.39 is 11.6 Å². The molecule has 0 saturated carbocycles. The fraction of sp³-hybridized carbons (Fsp3) is 0.300. The van der Waals surface area contributed by atoms with Gasteiger partial charge in [0.05, 0.1) is 17.6 Å². The molecule has 0 fully saturated rings. The quantitative estimate of drug-likeness (QED) is 0.310. The first-order valence-electron chi connectivity index (χ1n) is 8.20. The SMILES string of the molecule is C=CC(C)(c1ccc(C)c(/C(=C/N=C)N(N)/C=C(/C)N=CC)c1)C(F)(F)F. The van der Waals surface area contributed by atoms with Crippen molar-refractivity contribution in [2.24, 2.45) is 15.8 Å². The zero-order valence-corrected chi connectivity index (χ0v) is 16.0. The fourth-order valence-corrected chi connectivity index (χ4v) is 2.49. The molecule has 1 atom stereocenters. The van der Waals surface area contributed by atoms with Gasteiger partial charge in [0.15, 0.2) is 0 Å². The van der Waals surface area contributed by atoms with E-state index in [1.54, 1.807) is 39.3 Å². The molecule has 0 aliphatic rings. The summed E-state index contributed by atoms with van der Waals surface area (Å²) in [5.74, 6) is 6.10. The summed E-state index contributed by atoms with van der Waals surface area (Å²) in [5.41, 5.74) is 0.117. The zero-order valence-electron chi connectivity index (χ0n) is 16.0. The van der Waals surface area contributed by atoms with E-state index in [1.807, 2.05) is 0 Å². The second kappa shape index (κ2) is 8.81. The predicted molar refractivity (Wildman–Crippen MR) is 106 cm³/mol. The van der Waals surface area contributed by atoms with Gasteiger partial charge in [-0.25, -0.2) is 5.84 Å². The molecule has 0 aromatic heterocycles. The molecule has 1 aromatic carbocycles. The van der Waals surface area contributed by atoms with Crippen molar-refractivity contribution in [3.63, 3.8) is 0 Å². The van der Waals surface area contributed by atoms with Crippen molar-refractivity contribution in [1.29, 1.82) is 0 Å². The van der Waals surface area contributed by atoms with Crippen LogP contribution in [0.1, 0.15) is 37.5 Å². The zero-order chi connectivity index (χ0) is 20.8. The average Bonchev–Trinajstić information content (AvgIpc) is 2.58. The molecule has 0 bridgehead atoms. The maximum atomic E-state index is 13.6. The number of aliphatic imine (C=N–C) groups is 2. The molecule has 1 aromatic rings. The van der Waals surface area contributed by atoms with Gasteiger partial charge in [-0.05, 0) is 51.6 Å². The number of nitrogens with two attached hydrogens (primary N) is 1.